The Hall–Kier alpha value is -1.92. The van der Waals surface area contributed by atoms with E-state index in [9.17, 15) is 9.59 Å². The van der Waals surface area contributed by atoms with Gasteiger partial charge in [-0.3, -0.25) is 14.5 Å². The molecule has 1 aromatic rings. The molecule has 1 atom stereocenters. The molecule has 6 heteroatoms. The number of amides is 2. The first kappa shape index (κ1) is 18.9. The number of hydrogen-bond acceptors (Lipinski definition) is 4. The number of rotatable bonds is 5. The van der Waals surface area contributed by atoms with Gasteiger partial charge < -0.3 is 15.1 Å². The van der Waals surface area contributed by atoms with Crippen molar-refractivity contribution in [3.05, 3.63) is 35.9 Å². The Labute approximate surface area is 156 Å². The van der Waals surface area contributed by atoms with E-state index >= 15 is 0 Å². The smallest absolute Gasteiger partial charge is 0.236 e. The Balaban J connectivity index is 1.64. The third-order valence-corrected chi connectivity index (χ3v) is 5.38. The van der Waals surface area contributed by atoms with Gasteiger partial charge in [-0.05, 0) is 12.0 Å². The van der Waals surface area contributed by atoms with Crippen molar-refractivity contribution in [3.63, 3.8) is 0 Å². The van der Waals surface area contributed by atoms with Gasteiger partial charge >= 0.3 is 0 Å². The van der Waals surface area contributed by atoms with Crippen LogP contribution in [0.15, 0.2) is 30.3 Å². The molecule has 2 amide bonds. The van der Waals surface area contributed by atoms with E-state index in [0.29, 0.717) is 32.6 Å². The maximum Gasteiger partial charge on any atom is 0.236 e. The van der Waals surface area contributed by atoms with E-state index in [4.69, 9.17) is 0 Å². The second-order valence-corrected chi connectivity index (χ2v) is 7.19. The number of carbonyl (C=O) groups is 2. The molecule has 142 valence electrons. The van der Waals surface area contributed by atoms with Crippen LogP contribution in [0.3, 0.4) is 0 Å². The van der Waals surface area contributed by atoms with Crippen LogP contribution in [-0.2, 0) is 16.1 Å². The largest absolute Gasteiger partial charge is 0.339 e. The Bertz CT molecular complexity index is 601. The minimum atomic E-state index is 0.0807. The molecule has 2 heterocycles. The number of benzene rings is 1. The summed E-state index contributed by atoms with van der Waals surface area (Å²) >= 11 is 0. The van der Waals surface area contributed by atoms with E-state index in [-0.39, 0.29) is 17.9 Å². The van der Waals surface area contributed by atoms with Crippen LogP contribution in [0, 0.1) is 0 Å². The molecular weight excluding hydrogens is 328 g/mol. The lowest BCUT2D eigenvalue weighted by atomic mass is 10.1. The van der Waals surface area contributed by atoms with E-state index in [2.05, 4.69) is 29.3 Å². The highest BCUT2D eigenvalue weighted by molar-refractivity contribution is 5.81. The van der Waals surface area contributed by atoms with E-state index in [1.165, 1.54) is 0 Å². The summed E-state index contributed by atoms with van der Waals surface area (Å²) in [6.07, 6.45) is 1.27. The maximum absolute atomic E-state index is 12.8. The molecule has 0 radical (unpaired) electrons. The number of carbonyl (C=O) groups excluding carboxylic acids is 2. The molecule has 26 heavy (non-hydrogen) atoms. The molecule has 1 aromatic carbocycles. The van der Waals surface area contributed by atoms with Crippen molar-refractivity contribution in [1.29, 1.82) is 0 Å². The average molecular weight is 358 g/mol. The van der Waals surface area contributed by atoms with Crippen LogP contribution in [0.25, 0.3) is 0 Å². The lowest BCUT2D eigenvalue weighted by Crippen LogP contribution is -2.50. The Kier molecular flexibility index (Phi) is 6.63. The molecule has 6 nitrogen and oxygen atoms in total. The number of piperazine rings is 1. The van der Waals surface area contributed by atoms with Crippen molar-refractivity contribution >= 4 is 11.8 Å². The fraction of sp³-hybridized carbons (Fsp3) is 0.600. The third-order valence-electron chi connectivity index (χ3n) is 5.38. The molecule has 1 unspecified atom stereocenters. The van der Waals surface area contributed by atoms with Gasteiger partial charge in [0.2, 0.25) is 11.8 Å². The SMILES string of the molecule is CCC1CN(C(=O)CN2CCNCC2)CCC(=O)N1Cc1ccccc1. The summed E-state index contributed by atoms with van der Waals surface area (Å²) in [6, 6.07) is 10.2. The van der Waals surface area contributed by atoms with Gasteiger partial charge in [-0.25, -0.2) is 0 Å². The molecule has 0 aromatic heterocycles. The first-order valence-corrected chi connectivity index (χ1v) is 9.71. The van der Waals surface area contributed by atoms with Crippen LogP contribution < -0.4 is 5.32 Å². The topological polar surface area (TPSA) is 55.9 Å². The summed E-state index contributed by atoms with van der Waals surface area (Å²) < 4.78 is 0. The van der Waals surface area contributed by atoms with Gasteiger partial charge in [0.15, 0.2) is 0 Å². The second-order valence-electron chi connectivity index (χ2n) is 7.19. The molecule has 0 spiro atoms. The zero-order valence-electron chi connectivity index (χ0n) is 15.7. The molecule has 2 aliphatic rings. The summed E-state index contributed by atoms with van der Waals surface area (Å²) in [4.78, 5) is 31.6. The van der Waals surface area contributed by atoms with Crippen LogP contribution in [-0.4, -0.2) is 78.4 Å². The van der Waals surface area contributed by atoms with Crippen LogP contribution in [0.4, 0.5) is 0 Å². The highest BCUT2D eigenvalue weighted by atomic mass is 16.2. The van der Waals surface area contributed by atoms with Gasteiger partial charge in [0.25, 0.3) is 0 Å². The summed E-state index contributed by atoms with van der Waals surface area (Å²) in [5.74, 6) is 0.304. The second kappa shape index (κ2) is 9.14. The summed E-state index contributed by atoms with van der Waals surface area (Å²) in [7, 11) is 0. The molecule has 0 saturated carbocycles. The molecular formula is C20H30N4O2. The van der Waals surface area contributed by atoms with Crippen molar-refractivity contribution in [3.8, 4) is 0 Å². The minimum absolute atomic E-state index is 0.0807. The van der Waals surface area contributed by atoms with Gasteiger partial charge in [-0.15, -0.1) is 0 Å². The lowest BCUT2D eigenvalue weighted by Gasteiger charge is -2.33. The zero-order chi connectivity index (χ0) is 18.4. The van der Waals surface area contributed by atoms with Crippen LogP contribution in [0.1, 0.15) is 25.3 Å². The van der Waals surface area contributed by atoms with Crippen molar-refractivity contribution in [2.24, 2.45) is 0 Å². The first-order valence-electron chi connectivity index (χ1n) is 9.71. The van der Waals surface area contributed by atoms with Crippen LogP contribution in [0.2, 0.25) is 0 Å². The van der Waals surface area contributed by atoms with Crippen LogP contribution >= 0.6 is 0 Å². The summed E-state index contributed by atoms with van der Waals surface area (Å²) in [5, 5.41) is 3.31. The van der Waals surface area contributed by atoms with Gasteiger partial charge in [-0.2, -0.15) is 0 Å². The van der Waals surface area contributed by atoms with Crippen molar-refractivity contribution < 1.29 is 9.59 Å². The van der Waals surface area contributed by atoms with Gasteiger partial charge in [0, 0.05) is 58.3 Å². The number of nitrogens with zero attached hydrogens (tertiary/aromatic N) is 3. The number of nitrogens with one attached hydrogen (secondary N) is 1. The van der Waals surface area contributed by atoms with Crippen molar-refractivity contribution in [2.75, 3.05) is 45.8 Å². The lowest BCUT2D eigenvalue weighted by molar-refractivity contribution is -0.134. The summed E-state index contributed by atoms with van der Waals surface area (Å²) in [6.45, 7) is 8.06. The molecule has 0 bridgehead atoms. The Morgan fingerprint density at radius 1 is 1.15 bits per heavy atom. The molecule has 3 rings (SSSR count). The Morgan fingerprint density at radius 3 is 2.58 bits per heavy atom. The molecule has 2 aliphatic heterocycles. The molecule has 1 N–H and O–H groups in total. The molecule has 0 aliphatic carbocycles. The van der Waals surface area contributed by atoms with E-state index in [0.717, 1.165) is 38.2 Å². The first-order chi connectivity index (χ1) is 12.7. The average Bonchev–Trinajstić information content (AvgIpc) is 2.83. The third kappa shape index (κ3) is 4.83. The number of hydrogen-bond donors (Lipinski definition) is 1. The van der Waals surface area contributed by atoms with Gasteiger partial charge in [0.05, 0.1) is 6.54 Å². The highest BCUT2D eigenvalue weighted by Gasteiger charge is 2.31. The fourth-order valence-corrected chi connectivity index (χ4v) is 3.76. The maximum atomic E-state index is 12.8. The predicted molar refractivity (Wildman–Crippen MR) is 102 cm³/mol. The van der Waals surface area contributed by atoms with E-state index in [1.807, 2.05) is 28.0 Å². The summed E-state index contributed by atoms with van der Waals surface area (Å²) in [5.41, 5.74) is 1.14. The van der Waals surface area contributed by atoms with Crippen LogP contribution in [0.5, 0.6) is 0 Å². The standard InChI is InChI=1S/C20H30N4O2/c1-2-18-15-23(20(26)16-22-12-9-21-10-13-22)11-8-19(25)24(18)14-17-6-4-3-5-7-17/h3-7,18,21H,2,8-16H2,1H3. The van der Waals surface area contributed by atoms with Crippen molar-refractivity contribution in [2.45, 2.75) is 32.4 Å². The monoisotopic (exact) mass is 358 g/mol. The minimum Gasteiger partial charge on any atom is -0.339 e. The normalized spacial score (nSPS) is 22.3. The highest BCUT2D eigenvalue weighted by Crippen LogP contribution is 2.18. The predicted octanol–water partition coefficient (Wildman–Crippen LogP) is 0.931. The molecule has 2 fully saturated rings. The zero-order valence-corrected chi connectivity index (χ0v) is 15.7. The van der Waals surface area contributed by atoms with E-state index < -0.39 is 0 Å². The van der Waals surface area contributed by atoms with Crippen molar-refractivity contribution in [1.82, 2.24) is 20.0 Å². The van der Waals surface area contributed by atoms with E-state index in [1.54, 1.807) is 0 Å². The molecule has 2 saturated heterocycles. The van der Waals surface area contributed by atoms with Gasteiger partial charge in [-0.1, -0.05) is 37.3 Å². The van der Waals surface area contributed by atoms with Gasteiger partial charge in [0.1, 0.15) is 0 Å². The quantitative estimate of drug-likeness (QED) is 0.851. The fourth-order valence-electron chi connectivity index (χ4n) is 3.76. The Morgan fingerprint density at radius 2 is 1.88 bits per heavy atom.